The van der Waals surface area contributed by atoms with Crippen molar-refractivity contribution in [2.24, 2.45) is 0 Å². The number of amides is 1. The molecule has 27 heavy (non-hydrogen) atoms. The molecule has 1 aromatic carbocycles. The number of anilines is 1. The zero-order valence-corrected chi connectivity index (χ0v) is 16.1. The number of aromatic nitrogens is 4. The summed E-state index contributed by atoms with van der Waals surface area (Å²) in [6.07, 6.45) is 0.848. The summed E-state index contributed by atoms with van der Waals surface area (Å²) in [6, 6.07) is 9.42. The van der Waals surface area contributed by atoms with E-state index in [2.05, 4.69) is 25.7 Å². The van der Waals surface area contributed by atoms with Crippen molar-refractivity contribution >= 4 is 23.7 Å². The van der Waals surface area contributed by atoms with E-state index in [1.807, 2.05) is 56.3 Å². The van der Waals surface area contributed by atoms with Crippen molar-refractivity contribution in [3.63, 3.8) is 0 Å². The molecule has 1 N–H and O–H groups in total. The second kappa shape index (κ2) is 8.78. The molecule has 142 valence electrons. The lowest BCUT2D eigenvalue weighted by molar-refractivity contribution is -0.113. The molecule has 0 unspecified atom stereocenters. The Balaban J connectivity index is 1.53. The van der Waals surface area contributed by atoms with Crippen molar-refractivity contribution in [2.45, 2.75) is 24.6 Å². The maximum atomic E-state index is 12.1. The van der Waals surface area contributed by atoms with Crippen LogP contribution in [0, 0.1) is 0 Å². The lowest BCUT2D eigenvalue weighted by Gasteiger charge is -2.18. The quantitative estimate of drug-likeness (QED) is 0.582. The standard InChI is InChI=1S/C17H20N6O3S/c1-4-12(23(2)3)15-20-22-17(26-15)27-10-13(24)18-16-21-19-14(25-16)11-8-6-5-7-9-11/h5-9,12H,4,10H2,1-3H3,(H,18,21,24)/t12-/m1/s1. The summed E-state index contributed by atoms with van der Waals surface area (Å²) in [7, 11) is 3.90. The van der Waals surface area contributed by atoms with Gasteiger partial charge in [0.2, 0.25) is 17.7 Å². The zero-order chi connectivity index (χ0) is 19.2. The average molecular weight is 388 g/mol. The first-order valence-corrected chi connectivity index (χ1v) is 9.36. The number of benzene rings is 1. The van der Waals surface area contributed by atoms with Crippen LogP contribution in [-0.2, 0) is 4.79 Å². The summed E-state index contributed by atoms with van der Waals surface area (Å²) in [4.78, 5) is 14.1. The van der Waals surface area contributed by atoms with Crippen molar-refractivity contribution in [1.82, 2.24) is 25.3 Å². The molecule has 9 nitrogen and oxygen atoms in total. The Hall–Kier alpha value is -2.72. The van der Waals surface area contributed by atoms with E-state index in [0.29, 0.717) is 17.0 Å². The molecule has 0 saturated carbocycles. The fourth-order valence-electron chi connectivity index (χ4n) is 2.43. The van der Waals surface area contributed by atoms with E-state index in [4.69, 9.17) is 8.83 Å². The minimum atomic E-state index is -0.303. The van der Waals surface area contributed by atoms with Gasteiger partial charge in [0.25, 0.3) is 5.22 Å². The minimum Gasteiger partial charge on any atom is -0.414 e. The number of nitrogens with one attached hydrogen (secondary N) is 1. The van der Waals surface area contributed by atoms with Crippen LogP contribution in [0.4, 0.5) is 6.01 Å². The molecule has 3 rings (SSSR count). The molecule has 0 aliphatic heterocycles. The van der Waals surface area contributed by atoms with Crippen molar-refractivity contribution in [3.8, 4) is 11.5 Å². The van der Waals surface area contributed by atoms with Crippen LogP contribution in [0.2, 0.25) is 0 Å². The second-order valence-electron chi connectivity index (χ2n) is 5.91. The van der Waals surface area contributed by atoms with Crippen LogP contribution in [-0.4, -0.2) is 51.1 Å². The average Bonchev–Trinajstić information content (AvgIpc) is 3.31. The first kappa shape index (κ1) is 19.1. The third kappa shape index (κ3) is 4.92. The minimum absolute atomic E-state index is 0.0457. The first-order chi connectivity index (χ1) is 13.1. The highest BCUT2D eigenvalue weighted by molar-refractivity contribution is 7.99. The molecule has 0 aliphatic rings. The van der Waals surface area contributed by atoms with Crippen molar-refractivity contribution in [1.29, 1.82) is 0 Å². The van der Waals surface area contributed by atoms with Crippen LogP contribution in [0.3, 0.4) is 0 Å². The van der Waals surface area contributed by atoms with Crippen LogP contribution in [0.15, 0.2) is 44.4 Å². The summed E-state index contributed by atoms with van der Waals surface area (Å²) >= 11 is 1.15. The number of carbonyl (C=O) groups is 1. The van der Waals surface area contributed by atoms with Gasteiger partial charge in [-0.05, 0) is 32.6 Å². The van der Waals surface area contributed by atoms with Gasteiger partial charge in [0.1, 0.15) is 0 Å². The first-order valence-electron chi connectivity index (χ1n) is 8.38. The van der Waals surface area contributed by atoms with E-state index in [9.17, 15) is 4.79 Å². The van der Waals surface area contributed by atoms with Crippen molar-refractivity contribution in [2.75, 3.05) is 25.2 Å². The van der Waals surface area contributed by atoms with E-state index in [-0.39, 0.29) is 23.7 Å². The molecule has 0 fully saturated rings. The lowest BCUT2D eigenvalue weighted by Crippen LogP contribution is -2.19. The number of thioether (sulfide) groups is 1. The fourth-order valence-corrected chi connectivity index (χ4v) is 3.00. The Labute approximate surface area is 160 Å². The van der Waals surface area contributed by atoms with Gasteiger partial charge in [0.15, 0.2) is 0 Å². The third-order valence-electron chi connectivity index (χ3n) is 3.74. The molecule has 1 atom stereocenters. The molecular weight excluding hydrogens is 368 g/mol. The predicted molar refractivity (Wildman–Crippen MR) is 100 cm³/mol. The summed E-state index contributed by atoms with van der Waals surface area (Å²) in [5.41, 5.74) is 0.782. The van der Waals surface area contributed by atoms with Crippen molar-refractivity contribution in [3.05, 3.63) is 36.2 Å². The summed E-state index contributed by atoms with van der Waals surface area (Å²) < 4.78 is 11.1. The summed E-state index contributed by atoms with van der Waals surface area (Å²) in [6.45, 7) is 2.04. The number of rotatable bonds is 8. The predicted octanol–water partition coefficient (Wildman–Crippen LogP) is 2.86. The van der Waals surface area contributed by atoms with Crippen LogP contribution in [0.25, 0.3) is 11.5 Å². The maximum absolute atomic E-state index is 12.1. The maximum Gasteiger partial charge on any atom is 0.322 e. The highest BCUT2D eigenvalue weighted by Gasteiger charge is 2.20. The molecule has 0 bridgehead atoms. The van der Waals surface area contributed by atoms with E-state index in [1.165, 1.54) is 0 Å². The highest BCUT2D eigenvalue weighted by atomic mass is 32.2. The van der Waals surface area contributed by atoms with Gasteiger partial charge in [-0.25, -0.2) is 0 Å². The highest BCUT2D eigenvalue weighted by Crippen LogP contribution is 2.24. The summed E-state index contributed by atoms with van der Waals surface area (Å²) in [5.74, 6) is 0.663. The summed E-state index contributed by atoms with van der Waals surface area (Å²) in [5, 5.41) is 18.7. The molecule has 0 spiro atoms. The molecule has 0 aliphatic carbocycles. The van der Waals surface area contributed by atoms with E-state index in [1.54, 1.807) is 0 Å². The molecule has 3 aromatic rings. The van der Waals surface area contributed by atoms with Crippen LogP contribution in [0.5, 0.6) is 0 Å². The molecule has 0 saturated heterocycles. The SMILES string of the molecule is CC[C@H](c1nnc(SCC(=O)Nc2nnc(-c3ccccc3)o2)o1)N(C)C. The Morgan fingerprint density at radius 1 is 1.15 bits per heavy atom. The molecular formula is C17H20N6O3S. The van der Waals surface area contributed by atoms with Gasteiger partial charge in [-0.2, -0.15) is 0 Å². The van der Waals surface area contributed by atoms with Crippen LogP contribution in [0.1, 0.15) is 25.3 Å². The molecule has 0 radical (unpaired) electrons. The Kier molecular flexibility index (Phi) is 6.20. The Bertz CT molecular complexity index is 880. The largest absolute Gasteiger partial charge is 0.414 e. The van der Waals surface area contributed by atoms with Gasteiger partial charge in [0, 0.05) is 5.56 Å². The molecule has 10 heteroatoms. The lowest BCUT2D eigenvalue weighted by atomic mass is 10.2. The monoisotopic (exact) mass is 388 g/mol. The third-order valence-corrected chi connectivity index (χ3v) is 4.55. The molecule has 2 heterocycles. The van der Waals surface area contributed by atoms with E-state index >= 15 is 0 Å². The normalized spacial score (nSPS) is 12.3. The molecule has 1 amide bonds. The number of hydrogen-bond acceptors (Lipinski definition) is 9. The zero-order valence-electron chi connectivity index (χ0n) is 15.2. The number of nitrogens with zero attached hydrogens (tertiary/aromatic N) is 5. The Morgan fingerprint density at radius 3 is 2.63 bits per heavy atom. The van der Waals surface area contributed by atoms with E-state index in [0.717, 1.165) is 23.7 Å². The van der Waals surface area contributed by atoms with Crippen molar-refractivity contribution < 1.29 is 13.6 Å². The van der Waals surface area contributed by atoms with Gasteiger partial charge in [-0.3, -0.25) is 15.0 Å². The smallest absolute Gasteiger partial charge is 0.322 e. The van der Waals surface area contributed by atoms with Gasteiger partial charge >= 0.3 is 6.01 Å². The van der Waals surface area contributed by atoms with Crippen LogP contribution >= 0.6 is 11.8 Å². The number of hydrogen-bond donors (Lipinski definition) is 1. The van der Waals surface area contributed by atoms with E-state index < -0.39 is 0 Å². The van der Waals surface area contributed by atoms with Crippen LogP contribution < -0.4 is 5.32 Å². The Morgan fingerprint density at radius 2 is 1.93 bits per heavy atom. The topological polar surface area (TPSA) is 110 Å². The second-order valence-corrected chi connectivity index (χ2v) is 6.84. The fraction of sp³-hybridized carbons (Fsp3) is 0.353. The van der Waals surface area contributed by atoms with Gasteiger partial charge in [-0.15, -0.1) is 15.3 Å². The van der Waals surface area contributed by atoms with Gasteiger partial charge in [0.05, 0.1) is 11.8 Å². The number of carbonyl (C=O) groups excluding carboxylic acids is 1. The van der Waals surface area contributed by atoms with Gasteiger partial charge < -0.3 is 8.83 Å². The molecule has 2 aromatic heterocycles. The van der Waals surface area contributed by atoms with Gasteiger partial charge in [-0.1, -0.05) is 42.0 Å².